The monoisotopic (exact) mass is 523 g/mol. The number of halogens is 4. The highest BCUT2D eigenvalue weighted by Gasteiger charge is 2.30. The van der Waals surface area contributed by atoms with Crippen molar-refractivity contribution < 1.29 is 22.7 Å². The lowest BCUT2D eigenvalue weighted by atomic mass is 10.1. The van der Waals surface area contributed by atoms with E-state index in [4.69, 9.17) is 4.74 Å². The second-order valence-corrected chi connectivity index (χ2v) is 8.36. The van der Waals surface area contributed by atoms with Gasteiger partial charge in [0.15, 0.2) is 0 Å². The summed E-state index contributed by atoms with van der Waals surface area (Å²) in [5, 5.41) is 2.91. The summed E-state index contributed by atoms with van der Waals surface area (Å²) < 4.78 is 47.0. The van der Waals surface area contributed by atoms with Crippen LogP contribution in [0.3, 0.4) is 0 Å². The highest BCUT2D eigenvalue weighted by Crippen LogP contribution is 2.30. The van der Waals surface area contributed by atoms with Crippen molar-refractivity contribution in [1.29, 1.82) is 0 Å². The molecule has 3 rings (SSSR count). The third-order valence-corrected chi connectivity index (χ3v) is 5.75. The predicted molar refractivity (Wildman–Crippen MR) is 125 cm³/mol. The number of carbonyl (C=O) groups excluding carboxylic acids is 1. The Labute approximate surface area is 199 Å². The van der Waals surface area contributed by atoms with E-state index >= 15 is 0 Å². The van der Waals surface area contributed by atoms with E-state index in [0.717, 1.165) is 22.3 Å². The molecular formula is C24H25BrF3N3O2. The number of carbonyl (C=O) groups is 1. The van der Waals surface area contributed by atoms with Crippen molar-refractivity contribution in [3.8, 4) is 0 Å². The molecule has 0 aliphatic rings. The van der Waals surface area contributed by atoms with Crippen molar-refractivity contribution >= 4 is 27.6 Å². The van der Waals surface area contributed by atoms with Crippen molar-refractivity contribution in [1.82, 2.24) is 9.47 Å². The topological polar surface area (TPSA) is 46.5 Å². The van der Waals surface area contributed by atoms with Gasteiger partial charge in [-0.25, -0.2) is 4.79 Å². The lowest BCUT2D eigenvalue weighted by molar-refractivity contribution is -0.137. The lowest BCUT2D eigenvalue weighted by Crippen LogP contribution is -2.36. The zero-order valence-electron chi connectivity index (χ0n) is 18.1. The number of para-hydroxylation sites is 1. The summed E-state index contributed by atoms with van der Waals surface area (Å²) in [5.41, 5.74) is 1.32. The summed E-state index contributed by atoms with van der Waals surface area (Å²) in [4.78, 5) is 14.7. The van der Waals surface area contributed by atoms with Gasteiger partial charge in [0.05, 0.1) is 17.8 Å². The molecule has 0 radical (unpaired) electrons. The molecule has 0 spiro atoms. The Morgan fingerprint density at radius 1 is 1.12 bits per heavy atom. The minimum absolute atomic E-state index is 0.268. The molecule has 0 bridgehead atoms. The van der Waals surface area contributed by atoms with E-state index < -0.39 is 11.7 Å². The zero-order valence-corrected chi connectivity index (χ0v) is 19.7. The quantitative estimate of drug-likeness (QED) is 0.330. The van der Waals surface area contributed by atoms with E-state index in [1.165, 1.54) is 6.07 Å². The van der Waals surface area contributed by atoms with Crippen molar-refractivity contribution in [2.45, 2.75) is 25.7 Å². The fourth-order valence-corrected chi connectivity index (χ4v) is 3.78. The molecule has 9 heteroatoms. The number of hydrogen-bond donors (Lipinski definition) is 1. The fraction of sp³-hybridized carbons (Fsp3) is 0.292. The number of nitrogens with zero attached hydrogens (tertiary/aromatic N) is 2. The largest absolute Gasteiger partial charge is 0.416 e. The van der Waals surface area contributed by atoms with Crippen LogP contribution in [-0.4, -0.2) is 35.8 Å². The number of nitrogens with one attached hydrogen (secondary N) is 1. The molecule has 0 saturated carbocycles. The Morgan fingerprint density at radius 2 is 1.91 bits per heavy atom. The third kappa shape index (κ3) is 7.10. The smallest absolute Gasteiger partial charge is 0.385 e. The normalized spacial score (nSPS) is 11.4. The molecule has 1 heterocycles. The van der Waals surface area contributed by atoms with Gasteiger partial charge in [-0.05, 0) is 64.3 Å². The van der Waals surface area contributed by atoms with Crippen LogP contribution in [0, 0.1) is 0 Å². The average molecular weight is 524 g/mol. The van der Waals surface area contributed by atoms with Crippen LogP contribution in [0.5, 0.6) is 0 Å². The summed E-state index contributed by atoms with van der Waals surface area (Å²) in [6.07, 6.45) is -1.94. The Bertz CT molecular complexity index is 1070. The molecule has 5 nitrogen and oxygen atoms in total. The third-order valence-electron chi connectivity index (χ3n) is 5.06. The van der Waals surface area contributed by atoms with Crippen LogP contribution < -0.4 is 5.32 Å². The highest BCUT2D eigenvalue weighted by molar-refractivity contribution is 9.10. The molecule has 1 aromatic heterocycles. The van der Waals surface area contributed by atoms with Gasteiger partial charge in [-0.2, -0.15) is 13.2 Å². The van der Waals surface area contributed by atoms with E-state index in [9.17, 15) is 18.0 Å². The molecule has 0 fully saturated rings. The Balaban J connectivity index is 1.76. The van der Waals surface area contributed by atoms with Gasteiger partial charge in [0.1, 0.15) is 0 Å². The number of rotatable bonds is 9. The Morgan fingerprint density at radius 3 is 2.64 bits per heavy atom. The molecular weight excluding hydrogens is 499 g/mol. The van der Waals surface area contributed by atoms with Crippen LogP contribution in [-0.2, 0) is 24.0 Å². The van der Waals surface area contributed by atoms with Gasteiger partial charge >= 0.3 is 12.2 Å². The van der Waals surface area contributed by atoms with Gasteiger partial charge in [0, 0.05) is 43.2 Å². The first-order valence-corrected chi connectivity index (χ1v) is 11.2. The summed E-state index contributed by atoms with van der Waals surface area (Å²) in [6.45, 7) is 1.53. The van der Waals surface area contributed by atoms with E-state index in [1.807, 2.05) is 34.9 Å². The van der Waals surface area contributed by atoms with Crippen LogP contribution >= 0.6 is 15.9 Å². The Hall–Kier alpha value is -2.78. The van der Waals surface area contributed by atoms with Gasteiger partial charge in [-0.15, -0.1) is 0 Å². The zero-order chi connectivity index (χ0) is 23.8. The first-order chi connectivity index (χ1) is 15.8. The molecule has 0 aliphatic carbocycles. The number of methoxy groups -OCH3 is 1. The highest BCUT2D eigenvalue weighted by atomic mass is 79.9. The number of anilines is 1. The van der Waals surface area contributed by atoms with Gasteiger partial charge in [-0.1, -0.05) is 24.3 Å². The number of amides is 2. The minimum Gasteiger partial charge on any atom is -0.385 e. The second kappa shape index (κ2) is 11.4. The van der Waals surface area contributed by atoms with Crippen molar-refractivity contribution in [2.24, 2.45) is 0 Å². The van der Waals surface area contributed by atoms with Gasteiger partial charge in [0.25, 0.3) is 0 Å². The van der Waals surface area contributed by atoms with Crippen LogP contribution in [0.1, 0.15) is 23.2 Å². The number of aromatic nitrogens is 1. The van der Waals surface area contributed by atoms with Crippen molar-refractivity contribution in [3.05, 3.63) is 88.2 Å². The summed E-state index contributed by atoms with van der Waals surface area (Å²) in [6, 6.07) is 16.0. The van der Waals surface area contributed by atoms with Crippen molar-refractivity contribution in [3.63, 3.8) is 0 Å². The summed E-state index contributed by atoms with van der Waals surface area (Å²) in [5.74, 6) is 0. The number of alkyl halides is 3. The van der Waals surface area contributed by atoms with E-state index in [1.54, 1.807) is 30.3 Å². The number of benzene rings is 2. The molecule has 0 aliphatic heterocycles. The van der Waals surface area contributed by atoms with E-state index in [-0.39, 0.29) is 12.6 Å². The molecule has 0 atom stereocenters. The summed E-state index contributed by atoms with van der Waals surface area (Å²) >= 11 is 3.43. The maximum atomic E-state index is 13.1. The van der Waals surface area contributed by atoms with Crippen molar-refractivity contribution in [2.75, 3.05) is 25.6 Å². The molecule has 0 unspecified atom stereocenters. The maximum absolute atomic E-state index is 13.1. The number of hydrogen-bond acceptors (Lipinski definition) is 2. The summed E-state index contributed by atoms with van der Waals surface area (Å²) in [7, 11) is 1.60. The standard InChI is InChI=1S/C24H25BrF3N3O2/c1-33-14-6-13-31(23(32)29-22-11-3-2-10-21(22)25)17-20-9-5-12-30(20)16-18-7-4-8-19(15-18)24(26,27)28/h2-5,7-12,15H,6,13-14,16-17H2,1H3,(H,29,32). The molecule has 1 N–H and O–H groups in total. The maximum Gasteiger partial charge on any atom is 0.416 e. The first-order valence-electron chi connectivity index (χ1n) is 10.4. The molecule has 176 valence electrons. The predicted octanol–water partition coefficient (Wildman–Crippen LogP) is 6.39. The molecule has 2 aromatic carbocycles. The number of urea groups is 1. The first kappa shape index (κ1) is 24.9. The minimum atomic E-state index is -4.39. The average Bonchev–Trinajstić information content (AvgIpc) is 3.21. The van der Waals surface area contributed by atoms with Gasteiger partial charge in [-0.3, -0.25) is 0 Å². The SMILES string of the molecule is COCCCN(Cc1cccn1Cc1cccc(C(F)(F)F)c1)C(=O)Nc1ccccc1Br. The lowest BCUT2D eigenvalue weighted by Gasteiger charge is -2.24. The molecule has 3 aromatic rings. The number of ether oxygens (including phenoxy) is 1. The molecule has 33 heavy (non-hydrogen) atoms. The molecule has 2 amide bonds. The van der Waals surface area contributed by atoms with Crippen LogP contribution in [0.15, 0.2) is 71.3 Å². The van der Waals surface area contributed by atoms with E-state index in [2.05, 4.69) is 21.2 Å². The van der Waals surface area contributed by atoms with Crippen LogP contribution in [0.2, 0.25) is 0 Å². The second-order valence-electron chi connectivity index (χ2n) is 7.50. The Kier molecular flexibility index (Phi) is 8.57. The van der Waals surface area contributed by atoms with Crippen LogP contribution in [0.25, 0.3) is 0 Å². The van der Waals surface area contributed by atoms with Gasteiger partial charge < -0.3 is 19.5 Å². The van der Waals surface area contributed by atoms with Gasteiger partial charge in [0.2, 0.25) is 0 Å². The van der Waals surface area contributed by atoms with Crippen LogP contribution in [0.4, 0.5) is 23.7 Å². The van der Waals surface area contributed by atoms with E-state index in [0.29, 0.717) is 37.4 Å². The fourth-order valence-electron chi connectivity index (χ4n) is 3.39. The molecule has 0 saturated heterocycles.